The van der Waals surface area contributed by atoms with Gasteiger partial charge < -0.3 is 16.0 Å². The van der Waals surface area contributed by atoms with Gasteiger partial charge in [-0.05, 0) is 36.6 Å². The van der Waals surface area contributed by atoms with Gasteiger partial charge in [-0.25, -0.2) is 9.37 Å². The Labute approximate surface area is 162 Å². The van der Waals surface area contributed by atoms with Crippen molar-refractivity contribution >= 4 is 34.7 Å². The number of hydrogen-bond donors (Lipinski definition) is 3. The molecule has 2 aliphatic rings. The van der Waals surface area contributed by atoms with Crippen molar-refractivity contribution in [2.24, 2.45) is 5.92 Å². The monoisotopic (exact) mass is 408 g/mol. The number of nitrogens with one attached hydrogen (secondary N) is 3. The summed E-state index contributed by atoms with van der Waals surface area (Å²) in [6, 6.07) is 4.92. The summed E-state index contributed by atoms with van der Waals surface area (Å²) < 4.78 is 53.8. The zero-order valence-corrected chi connectivity index (χ0v) is 15.0. The molecule has 2 aromatic rings. The zero-order valence-electron chi connectivity index (χ0n) is 15.0. The molecular formula is C19H16F4N4O2. The van der Waals surface area contributed by atoms with Crippen LogP contribution in [0.4, 0.5) is 40.4 Å². The first-order valence-electron chi connectivity index (χ1n) is 8.99. The fourth-order valence-electron chi connectivity index (χ4n) is 3.21. The Kier molecular flexibility index (Phi) is 4.64. The second-order valence-electron chi connectivity index (χ2n) is 7.05. The molecule has 0 radical (unpaired) electrons. The quantitative estimate of drug-likeness (QED) is 0.662. The summed E-state index contributed by atoms with van der Waals surface area (Å²) in [5.74, 6) is -2.64. The number of hydrogen-bond acceptors (Lipinski definition) is 4. The minimum atomic E-state index is -4.86. The highest BCUT2D eigenvalue weighted by molar-refractivity contribution is 6.00. The van der Waals surface area contributed by atoms with Gasteiger partial charge in [0, 0.05) is 23.4 Å². The van der Waals surface area contributed by atoms with Crippen LogP contribution in [0.2, 0.25) is 0 Å². The predicted octanol–water partition coefficient (Wildman–Crippen LogP) is 4.22. The molecule has 0 unspecified atom stereocenters. The van der Waals surface area contributed by atoms with Crippen LogP contribution in [-0.4, -0.2) is 16.8 Å². The fourth-order valence-corrected chi connectivity index (χ4v) is 3.21. The largest absolute Gasteiger partial charge is 0.433 e. The van der Waals surface area contributed by atoms with Crippen LogP contribution in [-0.2, 0) is 22.2 Å². The lowest BCUT2D eigenvalue weighted by Crippen LogP contribution is -2.29. The molecule has 1 aromatic carbocycles. The highest BCUT2D eigenvalue weighted by atomic mass is 19.4. The number of anilines is 4. The molecule has 4 rings (SSSR count). The number of amides is 2. The van der Waals surface area contributed by atoms with Crippen LogP contribution >= 0.6 is 0 Å². The molecule has 152 valence electrons. The smallest absolute Gasteiger partial charge is 0.338 e. The molecule has 1 aliphatic heterocycles. The van der Waals surface area contributed by atoms with Crippen LogP contribution in [0.25, 0.3) is 0 Å². The Balaban J connectivity index is 1.69. The van der Waals surface area contributed by atoms with E-state index in [-0.39, 0.29) is 24.3 Å². The maximum Gasteiger partial charge on any atom is 0.433 e. The molecule has 2 amide bonds. The zero-order chi connectivity index (χ0) is 20.8. The van der Waals surface area contributed by atoms with Crippen molar-refractivity contribution in [3.63, 3.8) is 0 Å². The molecule has 0 saturated heterocycles. The van der Waals surface area contributed by atoms with Gasteiger partial charge in [0.1, 0.15) is 11.4 Å². The van der Waals surface area contributed by atoms with Crippen molar-refractivity contribution in [1.82, 2.24) is 4.98 Å². The first-order valence-corrected chi connectivity index (χ1v) is 8.99. The summed E-state index contributed by atoms with van der Waals surface area (Å²) in [7, 11) is 0. The molecule has 1 saturated carbocycles. The minimum absolute atomic E-state index is 0.126. The van der Waals surface area contributed by atoms with Crippen molar-refractivity contribution in [1.29, 1.82) is 0 Å². The van der Waals surface area contributed by atoms with Crippen LogP contribution in [0, 0.1) is 11.7 Å². The van der Waals surface area contributed by atoms with E-state index in [2.05, 4.69) is 20.9 Å². The molecule has 0 spiro atoms. The molecule has 0 atom stereocenters. The van der Waals surface area contributed by atoms with Gasteiger partial charge in [0.05, 0.1) is 6.42 Å². The number of carbonyl (C=O) groups is 2. The summed E-state index contributed by atoms with van der Waals surface area (Å²) in [5, 5.41) is 7.65. The highest BCUT2D eigenvalue weighted by Crippen LogP contribution is 2.36. The Morgan fingerprint density at radius 3 is 2.62 bits per heavy atom. The van der Waals surface area contributed by atoms with E-state index in [0.717, 1.165) is 6.42 Å². The third-order valence-electron chi connectivity index (χ3n) is 4.98. The van der Waals surface area contributed by atoms with Gasteiger partial charge in [0.15, 0.2) is 11.6 Å². The summed E-state index contributed by atoms with van der Waals surface area (Å²) in [6.45, 7) is 0. The topological polar surface area (TPSA) is 83.1 Å². The summed E-state index contributed by atoms with van der Waals surface area (Å²) in [4.78, 5) is 27.2. The van der Waals surface area contributed by atoms with Crippen LogP contribution in [0.1, 0.15) is 30.5 Å². The number of pyridine rings is 1. The van der Waals surface area contributed by atoms with E-state index < -0.39 is 35.1 Å². The average molecular weight is 408 g/mol. The Hall–Kier alpha value is -3.17. The first kappa shape index (κ1) is 19.2. The molecule has 2 heterocycles. The van der Waals surface area contributed by atoms with Gasteiger partial charge in [-0.1, -0.05) is 6.42 Å². The molecule has 0 bridgehead atoms. The predicted molar refractivity (Wildman–Crippen MR) is 97.2 cm³/mol. The third-order valence-corrected chi connectivity index (χ3v) is 4.98. The van der Waals surface area contributed by atoms with E-state index in [1.807, 2.05) is 0 Å². The van der Waals surface area contributed by atoms with Crippen molar-refractivity contribution in [3.8, 4) is 0 Å². The van der Waals surface area contributed by atoms with Crippen molar-refractivity contribution in [2.45, 2.75) is 31.9 Å². The Bertz CT molecular complexity index is 1000. The van der Waals surface area contributed by atoms with Crippen molar-refractivity contribution in [3.05, 3.63) is 41.3 Å². The molecule has 29 heavy (non-hydrogen) atoms. The molecule has 1 fully saturated rings. The van der Waals surface area contributed by atoms with Crippen molar-refractivity contribution in [2.75, 3.05) is 16.0 Å². The second kappa shape index (κ2) is 7.02. The normalized spacial score (nSPS) is 16.1. The molecule has 1 aliphatic carbocycles. The Morgan fingerprint density at radius 2 is 1.97 bits per heavy atom. The molecule has 3 N–H and O–H groups in total. The van der Waals surface area contributed by atoms with Gasteiger partial charge in [-0.3, -0.25) is 9.59 Å². The van der Waals surface area contributed by atoms with Crippen molar-refractivity contribution < 1.29 is 27.2 Å². The van der Waals surface area contributed by atoms with Gasteiger partial charge in [0.25, 0.3) is 0 Å². The minimum Gasteiger partial charge on any atom is -0.338 e. The van der Waals surface area contributed by atoms with E-state index in [1.165, 1.54) is 6.07 Å². The molecule has 6 nitrogen and oxygen atoms in total. The number of benzene rings is 1. The Morgan fingerprint density at radius 1 is 1.21 bits per heavy atom. The van der Waals surface area contributed by atoms with E-state index in [1.54, 1.807) is 12.1 Å². The fraction of sp³-hybridized carbons (Fsp3) is 0.316. The van der Waals surface area contributed by atoms with Crippen LogP contribution in [0.3, 0.4) is 0 Å². The van der Waals surface area contributed by atoms with Crippen LogP contribution < -0.4 is 16.0 Å². The van der Waals surface area contributed by atoms with E-state index in [0.29, 0.717) is 29.8 Å². The number of halogens is 4. The van der Waals surface area contributed by atoms with Gasteiger partial charge in [-0.2, -0.15) is 13.2 Å². The number of carbonyl (C=O) groups excluding carboxylic acids is 2. The average Bonchev–Trinajstić information content (AvgIpc) is 2.94. The van der Waals surface area contributed by atoms with E-state index >= 15 is 0 Å². The maximum absolute atomic E-state index is 14.5. The number of alkyl halides is 3. The number of nitrogens with zero attached hydrogens (tertiary/aromatic N) is 1. The van der Waals surface area contributed by atoms with E-state index in [4.69, 9.17) is 0 Å². The third kappa shape index (κ3) is 3.87. The van der Waals surface area contributed by atoms with Gasteiger partial charge in [-0.15, -0.1) is 0 Å². The SMILES string of the molecule is O=C1Cc2cc(Nc3nc(C(F)(F)F)cc(F)c3NC(=O)C3CCC3)ccc2N1. The summed E-state index contributed by atoms with van der Waals surface area (Å²) in [5.41, 5.74) is -0.304. The summed E-state index contributed by atoms with van der Waals surface area (Å²) >= 11 is 0. The summed E-state index contributed by atoms with van der Waals surface area (Å²) in [6.07, 6.45) is -2.56. The maximum atomic E-state index is 14.5. The highest BCUT2D eigenvalue weighted by Gasteiger charge is 2.35. The molecule has 10 heteroatoms. The van der Waals surface area contributed by atoms with Crippen LogP contribution in [0.15, 0.2) is 24.3 Å². The number of fused-ring (bicyclic) bond motifs is 1. The first-order chi connectivity index (χ1) is 13.7. The number of aromatic nitrogens is 1. The van der Waals surface area contributed by atoms with E-state index in [9.17, 15) is 27.2 Å². The molecule has 1 aromatic heterocycles. The van der Waals surface area contributed by atoms with Crippen LogP contribution in [0.5, 0.6) is 0 Å². The lowest BCUT2D eigenvalue weighted by molar-refractivity contribution is -0.141. The lowest BCUT2D eigenvalue weighted by atomic mass is 9.85. The second-order valence-corrected chi connectivity index (χ2v) is 7.05. The molecular weight excluding hydrogens is 392 g/mol. The van der Waals surface area contributed by atoms with Gasteiger partial charge >= 0.3 is 6.18 Å². The standard InChI is InChI=1S/C19H16F4N4O2/c20-12-8-14(19(21,22)23)26-17(16(12)27-18(29)9-2-1-3-9)24-11-4-5-13-10(6-11)7-15(28)25-13/h4-6,8-9H,1-3,7H2,(H,24,26)(H,25,28)(H,27,29). The number of rotatable bonds is 4. The lowest BCUT2D eigenvalue weighted by Gasteiger charge is -2.25. The van der Waals surface area contributed by atoms with Gasteiger partial charge in [0.2, 0.25) is 11.8 Å².